The summed E-state index contributed by atoms with van der Waals surface area (Å²) in [4.78, 5) is 14.9. The van der Waals surface area contributed by atoms with E-state index < -0.39 is 5.97 Å². The minimum absolute atomic E-state index is 0.107. The fourth-order valence-corrected chi connectivity index (χ4v) is 5.94. The third-order valence-electron chi connectivity index (χ3n) is 4.63. The zero-order valence-corrected chi connectivity index (χ0v) is 14.9. The molecule has 1 unspecified atom stereocenters. The van der Waals surface area contributed by atoms with Gasteiger partial charge in [-0.3, -0.25) is 4.79 Å². The molecule has 124 valence electrons. The van der Waals surface area contributed by atoms with E-state index in [9.17, 15) is 9.90 Å². The normalized spacial score (nSPS) is 18.3. The van der Waals surface area contributed by atoms with Crippen LogP contribution in [-0.4, -0.2) is 17.1 Å². The van der Waals surface area contributed by atoms with Gasteiger partial charge in [-0.1, -0.05) is 47.4 Å². The maximum atomic E-state index is 11.5. The number of thioether (sulfide) groups is 1. The van der Waals surface area contributed by atoms with Crippen LogP contribution in [0.1, 0.15) is 11.4 Å². The number of para-hydroxylation sites is 2. The molecule has 0 spiro atoms. The Kier molecular flexibility index (Phi) is 3.36. The summed E-state index contributed by atoms with van der Waals surface area (Å²) in [6.07, 6.45) is 2.32. The summed E-state index contributed by atoms with van der Waals surface area (Å²) in [5.74, 6) is -0.762. The van der Waals surface area contributed by atoms with Crippen LogP contribution in [0.3, 0.4) is 0 Å². The predicted octanol–water partition coefficient (Wildman–Crippen LogP) is 3.96. The largest absolute Gasteiger partial charge is 0.481 e. The highest BCUT2D eigenvalue weighted by Crippen LogP contribution is 2.49. The van der Waals surface area contributed by atoms with Crippen molar-refractivity contribution in [2.45, 2.75) is 23.9 Å². The van der Waals surface area contributed by atoms with Gasteiger partial charge in [-0.15, -0.1) is 0 Å². The van der Waals surface area contributed by atoms with Crippen LogP contribution in [0.2, 0.25) is 0 Å². The van der Waals surface area contributed by atoms with Crippen molar-refractivity contribution in [3.8, 4) is 0 Å². The van der Waals surface area contributed by atoms with Gasteiger partial charge in [0.1, 0.15) is 10.7 Å². The van der Waals surface area contributed by atoms with E-state index in [1.807, 2.05) is 24.3 Å². The molecule has 1 N–H and O–H groups in total. The topological polar surface area (TPSA) is 44.4 Å². The molecule has 6 heteroatoms. The first-order chi connectivity index (χ1) is 12.2. The number of rotatable bonds is 2. The van der Waals surface area contributed by atoms with Crippen molar-refractivity contribution in [1.82, 2.24) is 0 Å². The summed E-state index contributed by atoms with van der Waals surface area (Å²) in [6, 6.07) is 16.5. The minimum atomic E-state index is -0.762. The number of fused-ring (bicyclic) bond motifs is 6. The third-order valence-corrected chi connectivity index (χ3v) is 6.83. The molecule has 3 aromatic rings. The molecule has 2 aliphatic heterocycles. The summed E-state index contributed by atoms with van der Waals surface area (Å²) in [6.45, 7) is 0.667. The number of thiazole rings is 1. The molecule has 5 rings (SSSR count). The second-order valence-electron chi connectivity index (χ2n) is 6.19. The fourth-order valence-electron chi connectivity index (χ4n) is 3.60. The third kappa shape index (κ3) is 2.36. The van der Waals surface area contributed by atoms with E-state index in [0.29, 0.717) is 6.54 Å². The highest BCUT2D eigenvalue weighted by atomic mass is 32.2. The lowest BCUT2D eigenvalue weighted by Gasteiger charge is -2.26. The van der Waals surface area contributed by atoms with Gasteiger partial charge in [0, 0.05) is 11.0 Å². The summed E-state index contributed by atoms with van der Waals surface area (Å²) in [5, 5.41) is 11.8. The highest BCUT2D eigenvalue weighted by molar-refractivity contribution is 8.03. The van der Waals surface area contributed by atoms with Crippen molar-refractivity contribution in [2.75, 3.05) is 4.90 Å². The number of carboxylic acid groups (broad SMARTS) is 1. The van der Waals surface area contributed by atoms with Crippen molar-refractivity contribution < 1.29 is 14.5 Å². The summed E-state index contributed by atoms with van der Waals surface area (Å²) in [7, 11) is 0. The standard InChI is InChI=1S/C19H14N2O2S2/c22-19(23)9-12-11-20-13-5-1-3-7-15(13)24-17(20)10-18-21(12)14-6-2-4-8-16(14)25-18/h1-8,10,12H,9,11H2/p+1. The average Bonchev–Trinajstić information content (AvgIpc) is 3.08. The molecule has 0 radical (unpaired) electrons. The van der Waals surface area contributed by atoms with Crippen molar-refractivity contribution in [3.63, 3.8) is 0 Å². The summed E-state index contributed by atoms with van der Waals surface area (Å²) >= 11 is 3.49. The molecule has 4 nitrogen and oxygen atoms in total. The fraction of sp³-hybridized carbons (Fsp3) is 0.158. The van der Waals surface area contributed by atoms with Crippen LogP contribution in [0.25, 0.3) is 16.3 Å². The van der Waals surface area contributed by atoms with E-state index in [0.717, 1.165) is 10.7 Å². The van der Waals surface area contributed by atoms with E-state index in [-0.39, 0.29) is 12.5 Å². The van der Waals surface area contributed by atoms with E-state index in [1.54, 1.807) is 23.1 Å². The Bertz CT molecular complexity index is 1040. The lowest BCUT2D eigenvalue weighted by molar-refractivity contribution is -0.670. The molecule has 0 bridgehead atoms. The Hall–Kier alpha value is -2.31. The molecule has 2 aromatic carbocycles. The monoisotopic (exact) mass is 367 g/mol. The summed E-state index contributed by atoms with van der Waals surface area (Å²) in [5.41, 5.74) is 2.29. The zero-order chi connectivity index (χ0) is 17.0. The number of aliphatic carboxylic acids is 1. The van der Waals surface area contributed by atoms with Gasteiger partial charge in [0.25, 0.3) is 5.01 Å². The van der Waals surface area contributed by atoms with Crippen molar-refractivity contribution >= 4 is 51.0 Å². The Morgan fingerprint density at radius 1 is 1.20 bits per heavy atom. The van der Waals surface area contributed by atoms with Crippen molar-refractivity contribution in [2.24, 2.45) is 0 Å². The van der Waals surface area contributed by atoms with Crippen LogP contribution >= 0.6 is 23.1 Å². The molecule has 0 amide bonds. The molecule has 0 fully saturated rings. The van der Waals surface area contributed by atoms with Crippen LogP contribution in [0.4, 0.5) is 5.69 Å². The number of carbonyl (C=O) groups is 1. The number of anilines is 1. The van der Waals surface area contributed by atoms with Crippen molar-refractivity contribution in [1.29, 1.82) is 0 Å². The first-order valence-corrected chi connectivity index (χ1v) is 9.75. The molecule has 0 aliphatic carbocycles. The first-order valence-electron chi connectivity index (χ1n) is 8.12. The van der Waals surface area contributed by atoms with Gasteiger partial charge in [0.15, 0.2) is 6.54 Å². The van der Waals surface area contributed by atoms with Crippen molar-refractivity contribution in [3.05, 3.63) is 58.6 Å². The van der Waals surface area contributed by atoms with Crippen LogP contribution in [0.5, 0.6) is 0 Å². The van der Waals surface area contributed by atoms with E-state index in [2.05, 4.69) is 39.8 Å². The maximum Gasteiger partial charge on any atom is 0.305 e. The number of hydrogen-bond acceptors (Lipinski definition) is 4. The van der Waals surface area contributed by atoms with Gasteiger partial charge in [-0.05, 0) is 18.2 Å². The minimum Gasteiger partial charge on any atom is -0.481 e. The van der Waals surface area contributed by atoms with Gasteiger partial charge in [-0.2, -0.15) is 4.57 Å². The molecule has 0 saturated heterocycles. The second kappa shape index (κ2) is 5.61. The lowest BCUT2D eigenvalue weighted by atomic mass is 10.1. The number of carboxylic acids is 1. The Balaban J connectivity index is 1.71. The van der Waals surface area contributed by atoms with E-state index >= 15 is 0 Å². The SMILES string of the molecule is O=C(O)CC1C[n+]2c(sc3ccccc32)C=C2Sc3ccccc3N21. The molecule has 25 heavy (non-hydrogen) atoms. The van der Waals surface area contributed by atoms with Crippen LogP contribution in [-0.2, 0) is 11.3 Å². The molecule has 3 heterocycles. The van der Waals surface area contributed by atoms with Gasteiger partial charge in [-0.25, -0.2) is 0 Å². The lowest BCUT2D eigenvalue weighted by Crippen LogP contribution is -2.46. The zero-order valence-electron chi connectivity index (χ0n) is 13.3. The van der Waals surface area contributed by atoms with Crippen LogP contribution in [0.15, 0.2) is 58.5 Å². The smallest absolute Gasteiger partial charge is 0.305 e. The Labute approximate surface area is 153 Å². The van der Waals surface area contributed by atoms with Gasteiger partial charge in [0.05, 0.1) is 23.2 Å². The van der Waals surface area contributed by atoms with E-state index in [4.69, 9.17) is 0 Å². The van der Waals surface area contributed by atoms with Gasteiger partial charge in [0.2, 0.25) is 5.52 Å². The number of benzene rings is 2. The van der Waals surface area contributed by atoms with E-state index in [1.165, 1.54) is 20.1 Å². The quantitative estimate of drug-likeness (QED) is 0.697. The molecule has 2 aliphatic rings. The highest BCUT2D eigenvalue weighted by Gasteiger charge is 2.39. The van der Waals surface area contributed by atoms with Gasteiger partial charge >= 0.3 is 5.97 Å². The molecule has 0 saturated carbocycles. The molecule has 1 aromatic heterocycles. The first kappa shape index (κ1) is 15.0. The number of nitrogens with zero attached hydrogens (tertiary/aromatic N) is 2. The predicted molar refractivity (Wildman–Crippen MR) is 101 cm³/mol. The Morgan fingerprint density at radius 3 is 2.88 bits per heavy atom. The number of hydrogen-bond donors (Lipinski definition) is 1. The summed E-state index contributed by atoms with van der Waals surface area (Å²) < 4.78 is 3.50. The molecular formula is C19H15N2O2S2+. The average molecular weight is 367 g/mol. The van der Waals surface area contributed by atoms with Crippen LogP contribution in [0, 0.1) is 0 Å². The van der Waals surface area contributed by atoms with Gasteiger partial charge < -0.3 is 10.0 Å². The second-order valence-corrected chi connectivity index (χ2v) is 8.32. The maximum absolute atomic E-state index is 11.5. The van der Waals surface area contributed by atoms with Crippen LogP contribution < -0.4 is 9.47 Å². The molecule has 1 atom stereocenters. The number of aromatic nitrogens is 1. The molecular weight excluding hydrogens is 352 g/mol. The Morgan fingerprint density at radius 2 is 2.00 bits per heavy atom.